The van der Waals surface area contributed by atoms with E-state index in [4.69, 9.17) is 26.2 Å². The molecule has 0 bridgehead atoms. The van der Waals surface area contributed by atoms with Crippen LogP contribution in [0.3, 0.4) is 0 Å². The molecule has 1 aliphatic heterocycles. The Bertz CT molecular complexity index is 1520. The lowest BCUT2D eigenvalue weighted by Crippen LogP contribution is -2.15. The lowest BCUT2D eigenvalue weighted by Gasteiger charge is -2.18. The number of halogens is 1. The lowest BCUT2D eigenvalue weighted by molar-refractivity contribution is -0.112. The maximum absolute atomic E-state index is 13.0. The van der Waals surface area contributed by atoms with E-state index in [-0.39, 0.29) is 5.57 Å². The summed E-state index contributed by atoms with van der Waals surface area (Å²) in [6.45, 7) is 2.76. The van der Waals surface area contributed by atoms with Crippen molar-refractivity contribution in [3.8, 4) is 34.5 Å². The van der Waals surface area contributed by atoms with Crippen LogP contribution in [0, 0.1) is 18.3 Å². The average molecular weight is 497 g/mol. The van der Waals surface area contributed by atoms with E-state index in [1.165, 1.54) is 6.08 Å². The molecule has 178 valence electrons. The molecule has 1 N–H and O–H groups in total. The van der Waals surface area contributed by atoms with Gasteiger partial charge in [-0.15, -0.1) is 0 Å². The first-order valence-corrected chi connectivity index (χ1v) is 11.6. The molecule has 0 aliphatic carbocycles. The number of para-hydroxylation sites is 1. The van der Waals surface area contributed by atoms with Crippen LogP contribution in [0.1, 0.15) is 11.1 Å². The zero-order valence-electron chi connectivity index (χ0n) is 19.4. The summed E-state index contributed by atoms with van der Waals surface area (Å²) in [7, 11) is 0. The summed E-state index contributed by atoms with van der Waals surface area (Å²) in [5, 5.41) is 17.9. The summed E-state index contributed by atoms with van der Waals surface area (Å²) in [5.74, 6) is 0.750. The number of hydrogen-bond acceptors (Lipinski definition) is 5. The standard InChI is InChI=1S/C28H21ClN4O3/c1-18-23(29)8-5-9-24(18)31-28(34)20(16-30)14-21-17-33(22-6-3-2-4-7-22)32-27(21)19-10-11-25-26(15-19)36-13-12-35-25/h2-11,14-15,17H,12-13H2,1H3,(H,31,34)/b20-14+. The molecule has 8 heteroatoms. The molecule has 3 aromatic carbocycles. The van der Waals surface area contributed by atoms with E-state index in [2.05, 4.69) is 5.32 Å². The molecule has 0 saturated heterocycles. The van der Waals surface area contributed by atoms with E-state index in [1.807, 2.05) is 54.6 Å². The largest absolute Gasteiger partial charge is 0.486 e. The summed E-state index contributed by atoms with van der Waals surface area (Å²) in [4.78, 5) is 13.0. The average Bonchev–Trinajstić information content (AvgIpc) is 3.34. The van der Waals surface area contributed by atoms with Gasteiger partial charge in [0.1, 0.15) is 30.6 Å². The molecule has 7 nitrogen and oxygen atoms in total. The van der Waals surface area contributed by atoms with Crippen molar-refractivity contribution in [1.82, 2.24) is 9.78 Å². The van der Waals surface area contributed by atoms with Gasteiger partial charge in [0.25, 0.3) is 5.91 Å². The number of anilines is 1. The maximum atomic E-state index is 13.0. The Hall–Kier alpha value is -4.54. The molecule has 1 aliphatic rings. The van der Waals surface area contributed by atoms with E-state index < -0.39 is 5.91 Å². The summed E-state index contributed by atoms with van der Waals surface area (Å²) < 4.78 is 13.1. The normalized spacial score (nSPS) is 12.6. The molecule has 0 spiro atoms. The number of benzene rings is 3. The van der Waals surface area contributed by atoms with Crippen molar-refractivity contribution in [2.24, 2.45) is 0 Å². The van der Waals surface area contributed by atoms with E-state index in [0.717, 1.165) is 16.8 Å². The minimum Gasteiger partial charge on any atom is -0.486 e. The molecule has 2 heterocycles. The van der Waals surface area contributed by atoms with Crippen molar-refractivity contribution in [2.45, 2.75) is 6.92 Å². The fourth-order valence-electron chi connectivity index (χ4n) is 3.86. The second-order valence-corrected chi connectivity index (χ2v) is 8.52. The first-order valence-electron chi connectivity index (χ1n) is 11.3. The Morgan fingerprint density at radius 2 is 1.86 bits per heavy atom. The fraction of sp³-hybridized carbons (Fsp3) is 0.107. The molecule has 0 radical (unpaired) electrons. The number of amides is 1. The molecule has 0 fully saturated rings. The summed E-state index contributed by atoms with van der Waals surface area (Å²) in [6.07, 6.45) is 3.32. The lowest BCUT2D eigenvalue weighted by atomic mass is 10.0. The zero-order valence-corrected chi connectivity index (χ0v) is 20.1. The van der Waals surface area contributed by atoms with Gasteiger partial charge in [-0.2, -0.15) is 10.4 Å². The predicted octanol–water partition coefficient (Wildman–Crippen LogP) is 5.82. The maximum Gasteiger partial charge on any atom is 0.266 e. The third kappa shape index (κ3) is 4.67. The highest BCUT2D eigenvalue weighted by Crippen LogP contribution is 2.36. The molecular formula is C28H21ClN4O3. The first-order chi connectivity index (χ1) is 17.5. The quantitative estimate of drug-likeness (QED) is 0.278. The Balaban J connectivity index is 1.56. The van der Waals surface area contributed by atoms with Crippen LogP contribution in [0.25, 0.3) is 23.0 Å². The van der Waals surface area contributed by atoms with Gasteiger partial charge >= 0.3 is 0 Å². The second kappa shape index (κ2) is 9.98. The minimum atomic E-state index is -0.538. The van der Waals surface area contributed by atoms with Gasteiger partial charge in [-0.1, -0.05) is 35.9 Å². The van der Waals surface area contributed by atoms with Crippen molar-refractivity contribution in [3.05, 3.63) is 94.6 Å². The smallest absolute Gasteiger partial charge is 0.266 e. The minimum absolute atomic E-state index is 0.0687. The highest BCUT2D eigenvalue weighted by Gasteiger charge is 2.19. The summed E-state index contributed by atoms with van der Waals surface area (Å²) >= 11 is 6.18. The van der Waals surface area contributed by atoms with Crippen LogP contribution in [0.5, 0.6) is 11.5 Å². The van der Waals surface area contributed by atoms with Gasteiger partial charge in [0.05, 0.1) is 5.69 Å². The van der Waals surface area contributed by atoms with Gasteiger partial charge in [0.2, 0.25) is 0 Å². The Morgan fingerprint density at radius 1 is 1.08 bits per heavy atom. The number of nitrogens with one attached hydrogen (secondary N) is 1. The topological polar surface area (TPSA) is 89.2 Å². The number of nitrogens with zero attached hydrogens (tertiary/aromatic N) is 3. The Morgan fingerprint density at radius 3 is 2.64 bits per heavy atom. The Labute approximate surface area is 213 Å². The van der Waals surface area contributed by atoms with Gasteiger partial charge in [0, 0.05) is 28.0 Å². The molecule has 0 atom stereocenters. The van der Waals surface area contributed by atoms with Crippen molar-refractivity contribution in [1.29, 1.82) is 5.26 Å². The van der Waals surface area contributed by atoms with Crippen LogP contribution >= 0.6 is 11.6 Å². The van der Waals surface area contributed by atoms with Gasteiger partial charge in [-0.25, -0.2) is 4.68 Å². The third-order valence-corrected chi connectivity index (χ3v) is 6.17. The highest BCUT2D eigenvalue weighted by molar-refractivity contribution is 6.31. The second-order valence-electron chi connectivity index (χ2n) is 8.11. The van der Waals surface area contributed by atoms with E-state index in [0.29, 0.717) is 46.7 Å². The molecule has 1 amide bonds. The van der Waals surface area contributed by atoms with Gasteiger partial charge in [0.15, 0.2) is 11.5 Å². The summed E-state index contributed by atoms with van der Waals surface area (Å²) in [5.41, 5.74) is 4.00. The monoisotopic (exact) mass is 496 g/mol. The molecule has 0 unspecified atom stereocenters. The van der Waals surface area contributed by atoms with Crippen molar-refractivity contribution in [3.63, 3.8) is 0 Å². The molecule has 0 saturated carbocycles. The van der Waals surface area contributed by atoms with E-state index >= 15 is 0 Å². The van der Waals surface area contributed by atoms with Crippen LogP contribution < -0.4 is 14.8 Å². The molecule has 1 aromatic heterocycles. The van der Waals surface area contributed by atoms with Crippen LogP contribution in [-0.2, 0) is 4.79 Å². The Kier molecular flexibility index (Phi) is 6.44. The number of rotatable bonds is 5. The number of aromatic nitrogens is 2. The third-order valence-electron chi connectivity index (χ3n) is 5.76. The van der Waals surface area contributed by atoms with Crippen LogP contribution in [0.2, 0.25) is 5.02 Å². The SMILES string of the molecule is Cc1c(Cl)cccc1NC(=O)/C(C#N)=C/c1cn(-c2ccccc2)nc1-c1ccc2c(c1)OCCO2. The number of carbonyl (C=O) groups excluding carboxylic acids is 1. The van der Waals surface area contributed by atoms with E-state index in [1.54, 1.807) is 36.0 Å². The van der Waals surface area contributed by atoms with Gasteiger partial charge in [-0.05, 0) is 61.0 Å². The van der Waals surface area contributed by atoms with Crippen LogP contribution in [-0.4, -0.2) is 28.9 Å². The molecule has 4 aromatic rings. The molecule has 5 rings (SSSR count). The number of hydrogen-bond donors (Lipinski definition) is 1. The van der Waals surface area contributed by atoms with E-state index in [9.17, 15) is 10.1 Å². The first kappa shape index (κ1) is 23.2. The number of ether oxygens (including phenoxy) is 2. The molecular weight excluding hydrogens is 476 g/mol. The van der Waals surface area contributed by atoms with Crippen LogP contribution in [0.15, 0.2) is 78.5 Å². The van der Waals surface area contributed by atoms with Crippen LogP contribution in [0.4, 0.5) is 5.69 Å². The van der Waals surface area contributed by atoms with Gasteiger partial charge in [-0.3, -0.25) is 4.79 Å². The van der Waals surface area contributed by atoms with Crippen molar-refractivity contribution < 1.29 is 14.3 Å². The number of fused-ring (bicyclic) bond motifs is 1. The highest BCUT2D eigenvalue weighted by atomic mass is 35.5. The summed E-state index contributed by atoms with van der Waals surface area (Å²) in [6, 6.07) is 22.4. The zero-order chi connectivity index (χ0) is 25.1. The number of carbonyl (C=O) groups is 1. The van der Waals surface area contributed by atoms with Crippen molar-refractivity contribution in [2.75, 3.05) is 18.5 Å². The molecule has 36 heavy (non-hydrogen) atoms. The van der Waals surface area contributed by atoms with Crippen molar-refractivity contribution >= 4 is 29.3 Å². The van der Waals surface area contributed by atoms with Gasteiger partial charge < -0.3 is 14.8 Å². The number of nitriles is 1. The fourth-order valence-corrected chi connectivity index (χ4v) is 4.03. The predicted molar refractivity (Wildman–Crippen MR) is 138 cm³/mol.